The fourth-order valence-electron chi connectivity index (χ4n) is 4.86. The van der Waals surface area contributed by atoms with Crippen LogP contribution >= 0.6 is 0 Å². The van der Waals surface area contributed by atoms with Gasteiger partial charge in [-0.2, -0.15) is 4.98 Å². The number of nitrogens with zero attached hydrogens (tertiary/aromatic N) is 5. The average molecular weight is 442 g/mol. The summed E-state index contributed by atoms with van der Waals surface area (Å²) in [6.07, 6.45) is 2.45. The molecule has 3 aromatic rings. The van der Waals surface area contributed by atoms with Crippen molar-refractivity contribution in [3.05, 3.63) is 83.6 Å². The summed E-state index contributed by atoms with van der Waals surface area (Å²) >= 11 is 0. The van der Waals surface area contributed by atoms with Crippen LogP contribution in [0.2, 0.25) is 0 Å². The maximum atomic E-state index is 13.7. The van der Waals surface area contributed by atoms with E-state index >= 15 is 0 Å². The summed E-state index contributed by atoms with van der Waals surface area (Å²) < 4.78 is 0. The molecule has 5 rings (SSSR count). The SMILES string of the molecule is Cc1cc(N2CCCC2)nc(N2CCN(C(=O)C(c3ccccc3)c3ccccc3)CC2)n1. The van der Waals surface area contributed by atoms with Crippen LogP contribution in [0.4, 0.5) is 11.8 Å². The molecule has 6 nitrogen and oxygen atoms in total. The fourth-order valence-corrected chi connectivity index (χ4v) is 4.86. The molecule has 1 amide bonds. The fraction of sp³-hybridized carbons (Fsp3) is 0.370. The van der Waals surface area contributed by atoms with Gasteiger partial charge in [0.15, 0.2) is 0 Å². The van der Waals surface area contributed by atoms with Gasteiger partial charge in [-0.1, -0.05) is 60.7 Å². The minimum atomic E-state index is -0.282. The third kappa shape index (κ3) is 4.70. The summed E-state index contributed by atoms with van der Waals surface area (Å²) in [6.45, 7) is 7.00. The van der Waals surface area contributed by atoms with E-state index < -0.39 is 0 Å². The normalized spacial score (nSPS) is 16.5. The quantitative estimate of drug-likeness (QED) is 0.602. The lowest BCUT2D eigenvalue weighted by atomic mass is 9.90. The molecule has 3 heterocycles. The highest BCUT2D eigenvalue weighted by Crippen LogP contribution is 2.28. The Balaban J connectivity index is 1.32. The van der Waals surface area contributed by atoms with E-state index in [1.54, 1.807) is 0 Å². The van der Waals surface area contributed by atoms with Crippen LogP contribution in [0, 0.1) is 6.92 Å². The van der Waals surface area contributed by atoms with E-state index in [9.17, 15) is 4.79 Å². The Kier molecular flexibility index (Phi) is 6.24. The van der Waals surface area contributed by atoms with Crippen LogP contribution in [0.25, 0.3) is 0 Å². The molecular weight excluding hydrogens is 410 g/mol. The van der Waals surface area contributed by atoms with Gasteiger partial charge in [-0.3, -0.25) is 4.79 Å². The molecule has 0 N–H and O–H groups in total. The first-order valence-corrected chi connectivity index (χ1v) is 11.9. The van der Waals surface area contributed by atoms with Crippen LogP contribution in [-0.2, 0) is 4.79 Å². The number of carbonyl (C=O) groups excluding carboxylic acids is 1. The molecular formula is C27H31N5O. The van der Waals surface area contributed by atoms with E-state index in [4.69, 9.17) is 9.97 Å². The monoisotopic (exact) mass is 441 g/mol. The zero-order chi connectivity index (χ0) is 22.6. The van der Waals surface area contributed by atoms with Gasteiger partial charge in [-0.25, -0.2) is 4.98 Å². The molecule has 2 aliphatic heterocycles. The largest absolute Gasteiger partial charge is 0.356 e. The topological polar surface area (TPSA) is 52.6 Å². The van der Waals surface area contributed by atoms with Crippen molar-refractivity contribution in [2.45, 2.75) is 25.7 Å². The van der Waals surface area contributed by atoms with Crippen LogP contribution < -0.4 is 9.80 Å². The Labute approximate surface area is 195 Å². The molecule has 2 fully saturated rings. The summed E-state index contributed by atoms with van der Waals surface area (Å²) in [4.78, 5) is 29.9. The van der Waals surface area contributed by atoms with Gasteiger partial charge in [0.25, 0.3) is 0 Å². The highest BCUT2D eigenvalue weighted by atomic mass is 16.2. The van der Waals surface area contributed by atoms with Crippen LogP contribution in [-0.4, -0.2) is 60.0 Å². The lowest BCUT2D eigenvalue weighted by Gasteiger charge is -2.37. The Morgan fingerprint density at radius 3 is 1.91 bits per heavy atom. The second kappa shape index (κ2) is 9.61. The number of aryl methyl sites for hydroxylation is 1. The van der Waals surface area contributed by atoms with Crippen molar-refractivity contribution in [2.75, 3.05) is 49.1 Å². The first-order valence-electron chi connectivity index (χ1n) is 11.9. The van der Waals surface area contributed by atoms with E-state index in [1.165, 1.54) is 12.8 Å². The number of amides is 1. The van der Waals surface area contributed by atoms with Gasteiger partial charge in [-0.15, -0.1) is 0 Å². The molecule has 2 aliphatic rings. The zero-order valence-electron chi connectivity index (χ0n) is 19.2. The van der Waals surface area contributed by atoms with E-state index in [0.717, 1.165) is 54.8 Å². The maximum absolute atomic E-state index is 13.7. The molecule has 0 unspecified atom stereocenters. The Bertz CT molecular complexity index is 1030. The molecule has 0 saturated carbocycles. The second-order valence-corrected chi connectivity index (χ2v) is 8.93. The molecule has 0 radical (unpaired) electrons. The predicted octanol–water partition coefficient (Wildman–Crippen LogP) is 3.87. The van der Waals surface area contributed by atoms with Crippen molar-refractivity contribution >= 4 is 17.7 Å². The summed E-state index contributed by atoms with van der Waals surface area (Å²) in [5.74, 6) is 1.69. The first-order chi connectivity index (χ1) is 16.2. The molecule has 2 saturated heterocycles. The van der Waals surface area contributed by atoms with Crippen molar-refractivity contribution in [3.63, 3.8) is 0 Å². The molecule has 0 bridgehead atoms. The lowest BCUT2D eigenvalue weighted by molar-refractivity contribution is -0.132. The molecule has 0 aliphatic carbocycles. The van der Waals surface area contributed by atoms with Crippen LogP contribution in [0.5, 0.6) is 0 Å². The Morgan fingerprint density at radius 2 is 1.33 bits per heavy atom. The number of anilines is 2. The molecule has 0 atom stereocenters. The summed E-state index contributed by atoms with van der Waals surface area (Å²) in [5, 5.41) is 0. The number of piperazine rings is 1. The number of rotatable bonds is 5. The van der Waals surface area contributed by atoms with Crippen molar-refractivity contribution in [1.29, 1.82) is 0 Å². The van der Waals surface area contributed by atoms with E-state index in [2.05, 4.69) is 15.9 Å². The lowest BCUT2D eigenvalue weighted by Crippen LogP contribution is -2.50. The van der Waals surface area contributed by atoms with Gasteiger partial charge >= 0.3 is 0 Å². The molecule has 6 heteroatoms. The van der Waals surface area contributed by atoms with Gasteiger partial charge < -0.3 is 14.7 Å². The van der Waals surface area contributed by atoms with Crippen molar-refractivity contribution in [1.82, 2.24) is 14.9 Å². The standard InChI is InChI=1S/C27H31N5O/c1-21-20-24(30-14-8-9-15-30)29-27(28-21)32-18-16-31(17-19-32)26(33)25(22-10-4-2-5-11-22)23-12-6-3-7-13-23/h2-7,10-13,20,25H,8-9,14-19H2,1H3. The van der Waals surface area contributed by atoms with Gasteiger partial charge in [0, 0.05) is 51.0 Å². The van der Waals surface area contributed by atoms with Crippen molar-refractivity contribution < 1.29 is 4.79 Å². The highest BCUT2D eigenvalue weighted by Gasteiger charge is 2.30. The minimum Gasteiger partial charge on any atom is -0.356 e. The summed E-state index contributed by atoms with van der Waals surface area (Å²) in [7, 11) is 0. The summed E-state index contributed by atoms with van der Waals surface area (Å²) in [5.41, 5.74) is 3.07. The molecule has 2 aromatic carbocycles. The van der Waals surface area contributed by atoms with Gasteiger partial charge in [0.1, 0.15) is 5.82 Å². The summed E-state index contributed by atoms with van der Waals surface area (Å²) in [6, 6.07) is 22.3. The number of hydrogen-bond donors (Lipinski definition) is 0. The first kappa shape index (κ1) is 21.4. The maximum Gasteiger partial charge on any atom is 0.234 e. The van der Waals surface area contributed by atoms with Gasteiger partial charge in [-0.05, 0) is 30.9 Å². The van der Waals surface area contributed by atoms with Crippen LogP contribution in [0.3, 0.4) is 0 Å². The van der Waals surface area contributed by atoms with E-state index in [1.807, 2.05) is 72.5 Å². The van der Waals surface area contributed by atoms with Crippen LogP contribution in [0.1, 0.15) is 35.6 Å². The Hall–Kier alpha value is -3.41. The van der Waals surface area contributed by atoms with Crippen molar-refractivity contribution in [3.8, 4) is 0 Å². The average Bonchev–Trinajstić information content (AvgIpc) is 3.41. The molecule has 1 aromatic heterocycles. The smallest absolute Gasteiger partial charge is 0.234 e. The van der Waals surface area contributed by atoms with Gasteiger partial charge in [0.2, 0.25) is 11.9 Å². The molecule has 0 spiro atoms. The number of carbonyl (C=O) groups is 1. The number of benzene rings is 2. The van der Waals surface area contributed by atoms with Gasteiger partial charge in [0.05, 0.1) is 5.92 Å². The van der Waals surface area contributed by atoms with E-state index in [0.29, 0.717) is 13.1 Å². The third-order valence-electron chi connectivity index (χ3n) is 6.65. The van der Waals surface area contributed by atoms with Crippen LogP contribution in [0.15, 0.2) is 66.7 Å². The minimum absolute atomic E-state index is 0.162. The second-order valence-electron chi connectivity index (χ2n) is 8.93. The number of hydrogen-bond acceptors (Lipinski definition) is 5. The Morgan fingerprint density at radius 1 is 0.758 bits per heavy atom. The molecule has 170 valence electrons. The van der Waals surface area contributed by atoms with Crippen molar-refractivity contribution in [2.24, 2.45) is 0 Å². The zero-order valence-corrected chi connectivity index (χ0v) is 19.2. The molecule has 33 heavy (non-hydrogen) atoms. The van der Waals surface area contributed by atoms with E-state index in [-0.39, 0.29) is 11.8 Å². The third-order valence-corrected chi connectivity index (χ3v) is 6.65. The predicted molar refractivity (Wildman–Crippen MR) is 132 cm³/mol. The number of aromatic nitrogens is 2. The highest BCUT2D eigenvalue weighted by molar-refractivity contribution is 5.87.